The number of rotatable bonds is 11. The highest BCUT2D eigenvalue weighted by atomic mass is 35.5. The Labute approximate surface area is 246 Å². The van der Waals surface area contributed by atoms with Crippen molar-refractivity contribution in [2.45, 2.75) is 50.7 Å². The Balaban J connectivity index is 1.72. The minimum Gasteiger partial charge on any atom is -0.352 e. The second kappa shape index (κ2) is 13.5. The van der Waals surface area contributed by atoms with E-state index in [2.05, 4.69) is 5.32 Å². The van der Waals surface area contributed by atoms with Crippen LogP contribution in [0.5, 0.6) is 0 Å². The Morgan fingerprint density at radius 2 is 1.57 bits per heavy atom. The molecular formula is C30H33Cl2N3O4S. The highest BCUT2D eigenvalue weighted by Gasteiger charge is 2.34. The van der Waals surface area contributed by atoms with Crippen molar-refractivity contribution in [1.29, 1.82) is 0 Å². The fraction of sp³-hybridized carbons (Fsp3) is 0.333. The molecule has 2 amide bonds. The molecule has 0 aromatic heterocycles. The molecule has 1 atom stereocenters. The minimum atomic E-state index is -3.86. The van der Waals surface area contributed by atoms with Crippen LogP contribution in [-0.2, 0) is 32.6 Å². The number of nitrogens with one attached hydrogen (secondary N) is 1. The highest BCUT2D eigenvalue weighted by Crippen LogP contribution is 2.24. The topological polar surface area (TPSA) is 86.8 Å². The van der Waals surface area contributed by atoms with Gasteiger partial charge in [-0.25, -0.2) is 8.42 Å². The first-order chi connectivity index (χ1) is 19.1. The van der Waals surface area contributed by atoms with E-state index in [1.54, 1.807) is 42.5 Å². The zero-order chi connectivity index (χ0) is 28.7. The number of benzene rings is 3. The number of carbonyl (C=O) groups is 2. The first kappa shape index (κ1) is 29.9. The summed E-state index contributed by atoms with van der Waals surface area (Å²) >= 11 is 12.2. The molecule has 212 valence electrons. The zero-order valence-corrected chi connectivity index (χ0v) is 24.6. The van der Waals surface area contributed by atoms with Crippen molar-refractivity contribution in [2.75, 3.05) is 17.1 Å². The van der Waals surface area contributed by atoms with Crippen molar-refractivity contribution in [3.63, 3.8) is 0 Å². The monoisotopic (exact) mass is 601 g/mol. The van der Waals surface area contributed by atoms with Crippen LogP contribution >= 0.6 is 23.2 Å². The second-order valence-corrected chi connectivity index (χ2v) is 12.9. The van der Waals surface area contributed by atoms with Crippen LogP contribution in [0.2, 0.25) is 10.0 Å². The van der Waals surface area contributed by atoms with Crippen LogP contribution < -0.4 is 9.62 Å². The molecule has 1 saturated carbocycles. The van der Waals surface area contributed by atoms with Crippen molar-refractivity contribution in [3.8, 4) is 0 Å². The van der Waals surface area contributed by atoms with Crippen LogP contribution in [-0.4, -0.2) is 50.0 Å². The van der Waals surface area contributed by atoms with Gasteiger partial charge in [-0.15, -0.1) is 0 Å². The molecule has 0 bridgehead atoms. The lowest BCUT2D eigenvalue weighted by molar-refractivity contribution is -0.140. The molecule has 0 unspecified atom stereocenters. The highest BCUT2D eigenvalue weighted by molar-refractivity contribution is 7.92. The van der Waals surface area contributed by atoms with E-state index in [1.807, 2.05) is 30.3 Å². The van der Waals surface area contributed by atoms with Gasteiger partial charge in [0, 0.05) is 29.1 Å². The van der Waals surface area contributed by atoms with E-state index in [1.165, 1.54) is 11.0 Å². The lowest BCUT2D eigenvalue weighted by atomic mass is 10.0. The van der Waals surface area contributed by atoms with Crippen LogP contribution in [0.4, 0.5) is 5.69 Å². The fourth-order valence-electron chi connectivity index (χ4n) is 4.95. The largest absolute Gasteiger partial charge is 0.352 e. The number of halogens is 2. The van der Waals surface area contributed by atoms with Crippen molar-refractivity contribution >= 4 is 50.7 Å². The SMILES string of the molecule is CS(=O)(=O)N(CC(=O)N(Cc1ccc(Cl)cc1)[C@H](Cc1ccccc1)C(=O)NC1CCCC1)c1cccc(Cl)c1. The average molecular weight is 603 g/mol. The fourth-order valence-corrected chi connectivity index (χ4v) is 6.10. The van der Waals surface area contributed by atoms with Gasteiger partial charge in [0.15, 0.2) is 0 Å². The van der Waals surface area contributed by atoms with E-state index in [9.17, 15) is 18.0 Å². The maximum absolute atomic E-state index is 14.1. The molecule has 4 rings (SSSR count). The van der Waals surface area contributed by atoms with Gasteiger partial charge in [0.05, 0.1) is 11.9 Å². The van der Waals surface area contributed by atoms with E-state index < -0.39 is 28.5 Å². The van der Waals surface area contributed by atoms with Gasteiger partial charge < -0.3 is 10.2 Å². The molecule has 1 N–H and O–H groups in total. The summed E-state index contributed by atoms with van der Waals surface area (Å²) in [6, 6.07) is 22.0. The van der Waals surface area contributed by atoms with E-state index in [0.29, 0.717) is 10.0 Å². The van der Waals surface area contributed by atoms with Gasteiger partial charge in [-0.1, -0.05) is 84.6 Å². The number of sulfonamides is 1. The number of anilines is 1. The van der Waals surface area contributed by atoms with Crippen LogP contribution in [0, 0.1) is 0 Å². The molecule has 1 aliphatic rings. The Bertz CT molecular complexity index is 1410. The normalized spacial score (nSPS) is 14.5. The molecule has 0 aliphatic heterocycles. The van der Waals surface area contributed by atoms with E-state index in [4.69, 9.17) is 23.2 Å². The lowest BCUT2D eigenvalue weighted by Crippen LogP contribution is -2.54. The smallest absolute Gasteiger partial charge is 0.244 e. The molecule has 1 fully saturated rings. The first-order valence-corrected chi connectivity index (χ1v) is 15.8. The Hall–Kier alpha value is -3.07. The van der Waals surface area contributed by atoms with Gasteiger partial charge in [-0.05, 0) is 54.3 Å². The summed E-state index contributed by atoms with van der Waals surface area (Å²) in [6.45, 7) is -0.395. The molecule has 0 radical (unpaired) electrons. The predicted molar refractivity (Wildman–Crippen MR) is 160 cm³/mol. The van der Waals surface area contributed by atoms with Gasteiger partial charge in [0.25, 0.3) is 0 Å². The Kier molecular flexibility index (Phi) is 10.1. The van der Waals surface area contributed by atoms with Crippen molar-refractivity contribution < 1.29 is 18.0 Å². The van der Waals surface area contributed by atoms with Crippen molar-refractivity contribution in [3.05, 3.63) is 100 Å². The van der Waals surface area contributed by atoms with Crippen molar-refractivity contribution in [1.82, 2.24) is 10.2 Å². The van der Waals surface area contributed by atoms with Gasteiger partial charge in [0.2, 0.25) is 21.8 Å². The third kappa shape index (κ3) is 8.22. The third-order valence-corrected chi connectivity index (χ3v) is 8.64. The summed E-state index contributed by atoms with van der Waals surface area (Å²) in [5, 5.41) is 4.04. The minimum absolute atomic E-state index is 0.0530. The molecule has 0 spiro atoms. The molecule has 7 nitrogen and oxygen atoms in total. The standard InChI is InChI=1S/C30H33Cl2N3O4S/c1-40(38,39)35(27-13-7-10-25(32)19-27)21-29(36)34(20-23-14-16-24(31)17-15-23)28(18-22-8-3-2-4-9-22)30(37)33-26-11-5-6-12-26/h2-4,7-10,13-17,19,26,28H,5-6,11-12,18,20-21H2,1H3,(H,33,37)/t28-/m1/s1. The third-order valence-electron chi connectivity index (χ3n) is 7.01. The maximum atomic E-state index is 14.1. The zero-order valence-electron chi connectivity index (χ0n) is 22.3. The quantitative estimate of drug-likeness (QED) is 0.316. The number of carbonyl (C=O) groups excluding carboxylic acids is 2. The molecule has 3 aromatic rings. The summed E-state index contributed by atoms with van der Waals surface area (Å²) in [5.74, 6) is -0.769. The van der Waals surface area contributed by atoms with Crippen LogP contribution in [0.3, 0.4) is 0 Å². The Morgan fingerprint density at radius 3 is 2.20 bits per heavy atom. The molecule has 1 aliphatic carbocycles. The summed E-state index contributed by atoms with van der Waals surface area (Å²) < 4.78 is 26.7. The predicted octanol–water partition coefficient (Wildman–Crippen LogP) is 5.46. The average Bonchev–Trinajstić information content (AvgIpc) is 3.43. The molecule has 40 heavy (non-hydrogen) atoms. The lowest BCUT2D eigenvalue weighted by Gasteiger charge is -2.34. The Morgan fingerprint density at radius 1 is 0.900 bits per heavy atom. The van der Waals surface area contributed by atoms with Crippen molar-refractivity contribution in [2.24, 2.45) is 0 Å². The number of nitrogens with zero attached hydrogens (tertiary/aromatic N) is 2. The summed E-state index contributed by atoms with van der Waals surface area (Å²) in [6.07, 6.45) is 5.19. The molecule has 3 aromatic carbocycles. The first-order valence-electron chi connectivity index (χ1n) is 13.2. The van der Waals surface area contributed by atoms with Gasteiger partial charge in [-0.3, -0.25) is 13.9 Å². The second-order valence-electron chi connectivity index (χ2n) is 10.1. The van der Waals surface area contributed by atoms with Crippen LogP contribution in [0.15, 0.2) is 78.9 Å². The molecule has 0 heterocycles. The van der Waals surface area contributed by atoms with E-state index >= 15 is 0 Å². The van der Waals surface area contributed by atoms with Crippen LogP contribution in [0.1, 0.15) is 36.8 Å². The number of hydrogen-bond acceptors (Lipinski definition) is 4. The van der Waals surface area contributed by atoms with Gasteiger partial charge in [0.1, 0.15) is 12.6 Å². The van der Waals surface area contributed by atoms with Gasteiger partial charge >= 0.3 is 0 Å². The molecule has 0 saturated heterocycles. The van der Waals surface area contributed by atoms with E-state index in [-0.39, 0.29) is 30.6 Å². The maximum Gasteiger partial charge on any atom is 0.244 e. The number of amides is 2. The summed E-state index contributed by atoms with van der Waals surface area (Å²) in [7, 11) is -3.86. The number of hydrogen-bond donors (Lipinski definition) is 1. The summed E-state index contributed by atoms with van der Waals surface area (Å²) in [5.41, 5.74) is 1.92. The van der Waals surface area contributed by atoms with Gasteiger partial charge in [-0.2, -0.15) is 0 Å². The summed E-state index contributed by atoms with van der Waals surface area (Å²) in [4.78, 5) is 29.4. The van der Waals surface area contributed by atoms with E-state index in [0.717, 1.165) is 47.4 Å². The van der Waals surface area contributed by atoms with Crippen LogP contribution in [0.25, 0.3) is 0 Å². The molecule has 10 heteroatoms. The molecular weight excluding hydrogens is 569 g/mol.